The Bertz CT molecular complexity index is 1160. The topological polar surface area (TPSA) is 59.1 Å². The monoisotopic (exact) mass is 472 g/mol. The van der Waals surface area contributed by atoms with Crippen molar-refractivity contribution in [1.82, 2.24) is 9.37 Å². The van der Waals surface area contributed by atoms with E-state index in [0.29, 0.717) is 23.1 Å². The lowest BCUT2D eigenvalue weighted by molar-refractivity contribution is -0.110. The van der Waals surface area contributed by atoms with Crippen LogP contribution in [0.1, 0.15) is 17.2 Å². The summed E-state index contributed by atoms with van der Waals surface area (Å²) in [4.78, 5) is 5.66. The summed E-state index contributed by atoms with van der Waals surface area (Å²) in [6.07, 6.45) is 0. The van der Waals surface area contributed by atoms with Gasteiger partial charge in [0.1, 0.15) is 16.7 Å². The van der Waals surface area contributed by atoms with Crippen molar-refractivity contribution in [2.24, 2.45) is 0 Å². The highest BCUT2D eigenvalue weighted by Crippen LogP contribution is 2.37. The van der Waals surface area contributed by atoms with Crippen LogP contribution in [0.3, 0.4) is 0 Å². The molecule has 8 heteroatoms. The summed E-state index contributed by atoms with van der Waals surface area (Å²) in [6, 6.07) is 23.6. The minimum absolute atomic E-state index is 0.0882. The molecule has 1 aliphatic rings. The van der Waals surface area contributed by atoms with Crippen molar-refractivity contribution >= 4 is 21.6 Å². The number of nitrogens with zero attached hydrogens (tertiary/aromatic N) is 2. The Balaban J connectivity index is 1.57. The Morgan fingerprint density at radius 3 is 2.47 bits per heavy atom. The molecule has 0 bridgehead atoms. The molecule has 0 spiro atoms. The predicted octanol–water partition coefficient (Wildman–Crippen LogP) is 4.88. The van der Waals surface area contributed by atoms with Gasteiger partial charge in [0.25, 0.3) is 0 Å². The van der Waals surface area contributed by atoms with E-state index in [1.165, 1.54) is 4.31 Å². The van der Waals surface area contributed by atoms with Crippen LogP contribution in [0, 0.1) is 0 Å². The summed E-state index contributed by atoms with van der Waals surface area (Å²) < 4.78 is 34.2. The van der Waals surface area contributed by atoms with Gasteiger partial charge in [0.05, 0.1) is 12.6 Å². The van der Waals surface area contributed by atoms with Crippen LogP contribution in [0.4, 0.5) is 0 Å². The largest absolute Gasteiger partial charge is 0.457 e. The van der Waals surface area contributed by atoms with Gasteiger partial charge in [-0.1, -0.05) is 54.1 Å². The van der Waals surface area contributed by atoms with Gasteiger partial charge >= 0.3 is 0 Å². The lowest BCUT2D eigenvalue weighted by atomic mass is 10.0. The lowest BCUT2D eigenvalue weighted by Crippen LogP contribution is -2.40. The van der Waals surface area contributed by atoms with Crippen LogP contribution in [-0.4, -0.2) is 43.7 Å². The zero-order valence-corrected chi connectivity index (χ0v) is 19.5. The smallest absolute Gasteiger partial charge is 0.221 e. The molecule has 0 unspecified atom stereocenters. The highest BCUT2D eigenvalue weighted by Gasteiger charge is 2.45. The first kappa shape index (κ1) is 22.8. The van der Waals surface area contributed by atoms with E-state index >= 15 is 0 Å². The van der Waals surface area contributed by atoms with Gasteiger partial charge in [-0.15, -0.1) is 0 Å². The lowest BCUT2D eigenvalue weighted by Gasteiger charge is -2.27. The van der Waals surface area contributed by atoms with Crippen LogP contribution in [0.5, 0.6) is 11.5 Å². The molecule has 168 valence electrons. The Morgan fingerprint density at radius 2 is 1.75 bits per heavy atom. The summed E-state index contributed by atoms with van der Waals surface area (Å²) >= 11 is 5.94. The molecule has 1 heterocycles. The molecule has 1 fully saturated rings. The zero-order valence-electron chi connectivity index (χ0n) is 17.9. The van der Waals surface area contributed by atoms with E-state index in [4.69, 9.17) is 21.2 Å². The van der Waals surface area contributed by atoms with Crippen molar-refractivity contribution < 1.29 is 18.0 Å². The second-order valence-electron chi connectivity index (χ2n) is 7.74. The molecule has 1 saturated heterocycles. The summed E-state index contributed by atoms with van der Waals surface area (Å²) in [6.45, 7) is 0.390. The van der Waals surface area contributed by atoms with E-state index in [9.17, 15) is 8.42 Å². The molecule has 32 heavy (non-hydrogen) atoms. The first-order valence-electron chi connectivity index (χ1n) is 10.2. The summed E-state index contributed by atoms with van der Waals surface area (Å²) in [5.41, 5.74) is 1.74. The fourth-order valence-electron chi connectivity index (χ4n) is 3.83. The Kier molecular flexibility index (Phi) is 6.83. The number of hydrogen-bond acceptors (Lipinski definition) is 5. The summed E-state index contributed by atoms with van der Waals surface area (Å²) in [5, 5.41) is 1.50. The summed E-state index contributed by atoms with van der Waals surface area (Å²) in [5.74, 6) is 1.26. The van der Waals surface area contributed by atoms with Crippen molar-refractivity contribution in [1.29, 1.82) is 0 Å². The molecular weight excluding hydrogens is 448 g/mol. The Labute approximate surface area is 193 Å². The SMILES string of the molecule is CN1OC[C@@H](S(=O)(=O)N(C)Cc2ccccc2)[C@H]1c1cccc(Oc2ccc(Cl)cc2)c1. The maximum absolute atomic E-state index is 13.4. The molecule has 3 aromatic rings. The van der Waals surface area contributed by atoms with Gasteiger partial charge in [0, 0.05) is 25.7 Å². The maximum atomic E-state index is 13.4. The number of benzene rings is 3. The van der Waals surface area contributed by atoms with Gasteiger partial charge in [-0.25, -0.2) is 12.7 Å². The van der Waals surface area contributed by atoms with Gasteiger partial charge in [-0.2, -0.15) is 5.06 Å². The average Bonchev–Trinajstić information content (AvgIpc) is 3.18. The van der Waals surface area contributed by atoms with Gasteiger partial charge in [0.2, 0.25) is 10.0 Å². The number of ether oxygens (including phenoxy) is 1. The second-order valence-corrected chi connectivity index (χ2v) is 10.4. The van der Waals surface area contributed by atoms with Crippen LogP contribution >= 0.6 is 11.6 Å². The molecule has 0 aliphatic carbocycles. The molecule has 6 nitrogen and oxygen atoms in total. The number of rotatable bonds is 7. The first-order chi connectivity index (χ1) is 15.3. The van der Waals surface area contributed by atoms with Crippen LogP contribution < -0.4 is 4.74 Å². The number of halogens is 1. The third kappa shape index (κ3) is 4.98. The third-order valence-electron chi connectivity index (χ3n) is 5.50. The molecule has 0 radical (unpaired) electrons. The molecule has 0 amide bonds. The minimum atomic E-state index is -3.63. The van der Waals surface area contributed by atoms with Crippen molar-refractivity contribution in [2.45, 2.75) is 17.8 Å². The van der Waals surface area contributed by atoms with Gasteiger partial charge in [0.15, 0.2) is 0 Å². The third-order valence-corrected chi connectivity index (χ3v) is 7.91. The Morgan fingerprint density at radius 1 is 1.03 bits per heavy atom. The van der Waals surface area contributed by atoms with Crippen molar-refractivity contribution in [3.05, 3.63) is 95.0 Å². The highest BCUT2D eigenvalue weighted by atomic mass is 35.5. The van der Waals surface area contributed by atoms with E-state index in [-0.39, 0.29) is 6.61 Å². The fourth-order valence-corrected chi connectivity index (χ4v) is 5.64. The molecule has 0 N–H and O–H groups in total. The molecule has 3 aromatic carbocycles. The van der Waals surface area contributed by atoms with E-state index in [2.05, 4.69) is 0 Å². The second kappa shape index (κ2) is 9.60. The quantitative estimate of drug-likeness (QED) is 0.490. The van der Waals surface area contributed by atoms with Crippen LogP contribution in [0.15, 0.2) is 78.9 Å². The normalized spacial score (nSPS) is 19.4. The molecule has 4 rings (SSSR count). The molecule has 0 saturated carbocycles. The first-order valence-corrected chi connectivity index (χ1v) is 12.1. The standard InChI is InChI=1S/C24H25ClN2O4S/c1-26(16-18-7-4-3-5-8-18)32(28,29)23-17-30-27(2)24(23)19-9-6-10-22(15-19)31-21-13-11-20(25)12-14-21/h3-15,23-24H,16-17H2,1-2H3/t23-,24-/m1/s1. The van der Waals surface area contributed by atoms with E-state index in [1.54, 1.807) is 43.4 Å². The van der Waals surface area contributed by atoms with Crippen molar-refractivity contribution in [2.75, 3.05) is 20.7 Å². The van der Waals surface area contributed by atoms with Gasteiger partial charge in [-0.3, -0.25) is 4.84 Å². The van der Waals surface area contributed by atoms with Crippen LogP contribution in [-0.2, 0) is 21.4 Å². The maximum Gasteiger partial charge on any atom is 0.221 e. The minimum Gasteiger partial charge on any atom is -0.457 e. The average molecular weight is 473 g/mol. The molecule has 1 aliphatic heterocycles. The van der Waals surface area contributed by atoms with Gasteiger partial charge in [-0.05, 0) is 47.5 Å². The van der Waals surface area contributed by atoms with Crippen molar-refractivity contribution in [3.8, 4) is 11.5 Å². The van der Waals surface area contributed by atoms with Crippen LogP contribution in [0.25, 0.3) is 0 Å². The highest BCUT2D eigenvalue weighted by molar-refractivity contribution is 7.89. The van der Waals surface area contributed by atoms with Crippen LogP contribution in [0.2, 0.25) is 5.02 Å². The number of hydroxylamine groups is 2. The molecular formula is C24H25ClN2O4S. The number of sulfonamides is 1. The summed E-state index contributed by atoms with van der Waals surface area (Å²) in [7, 11) is -0.269. The van der Waals surface area contributed by atoms with E-state index in [1.807, 2.05) is 54.6 Å². The van der Waals surface area contributed by atoms with E-state index < -0.39 is 21.3 Å². The Hall–Kier alpha value is -2.42. The van der Waals surface area contributed by atoms with Gasteiger partial charge < -0.3 is 4.74 Å². The molecule has 2 atom stereocenters. The predicted molar refractivity (Wildman–Crippen MR) is 125 cm³/mol. The fraction of sp³-hybridized carbons (Fsp3) is 0.250. The number of hydrogen-bond donors (Lipinski definition) is 0. The molecule has 0 aromatic heterocycles. The van der Waals surface area contributed by atoms with Crippen molar-refractivity contribution in [3.63, 3.8) is 0 Å². The van der Waals surface area contributed by atoms with E-state index in [0.717, 1.165) is 11.1 Å². The zero-order chi connectivity index (χ0) is 22.7.